The van der Waals surface area contributed by atoms with Gasteiger partial charge in [0.1, 0.15) is 21.0 Å². The van der Waals surface area contributed by atoms with Crippen LogP contribution < -0.4 is 0 Å². The predicted molar refractivity (Wildman–Crippen MR) is 32.7 cm³/mol. The summed E-state index contributed by atoms with van der Waals surface area (Å²) in [4.78, 5) is 0. The molecule has 0 amide bonds. The molecule has 0 aliphatic carbocycles. The molecule has 0 unspecified atom stereocenters. The fraction of sp³-hybridized carbons (Fsp3) is 1.00. The molecule has 0 aliphatic rings. The van der Waals surface area contributed by atoms with E-state index in [0.717, 1.165) is 21.0 Å². The molecule has 0 fully saturated rings. The van der Waals surface area contributed by atoms with E-state index in [1.165, 1.54) is 0 Å². The summed E-state index contributed by atoms with van der Waals surface area (Å²) in [5.41, 5.74) is 0. The second-order valence-electron chi connectivity index (χ2n) is 0.908. The fourth-order valence-corrected chi connectivity index (χ4v) is 0. The minimum absolute atomic E-state index is 0.500. The molecule has 0 saturated carbocycles. The van der Waals surface area contributed by atoms with Crippen molar-refractivity contribution < 1.29 is 23.3 Å². The van der Waals surface area contributed by atoms with Crippen LogP contribution in [0.3, 0.4) is 0 Å². The predicted octanol–water partition coefficient (Wildman–Crippen LogP) is -1.27. The van der Waals surface area contributed by atoms with E-state index in [2.05, 4.69) is 14.6 Å². The van der Waals surface area contributed by atoms with Gasteiger partial charge in [0.2, 0.25) is 0 Å². The van der Waals surface area contributed by atoms with Crippen LogP contribution in [0.15, 0.2) is 0 Å². The summed E-state index contributed by atoms with van der Waals surface area (Å²) in [6.07, 6.45) is 0. The Kier molecular flexibility index (Phi) is 27.9. The summed E-state index contributed by atoms with van der Waals surface area (Å²) < 4.78 is 4.53. The minimum Gasteiger partial charge on any atom is -0.471 e. The number of hydrogen-bond donors (Lipinski definition) is 0. The van der Waals surface area contributed by atoms with Crippen molar-refractivity contribution in [2.75, 3.05) is 0 Å². The molecule has 38 valence electrons. The van der Waals surface area contributed by atoms with E-state index in [4.69, 9.17) is 0 Å². The van der Waals surface area contributed by atoms with Crippen LogP contribution in [-0.2, 0) is 23.3 Å². The molecule has 0 aromatic heterocycles. The first-order valence-electron chi connectivity index (χ1n) is 1.82. The third-order valence-corrected chi connectivity index (χ3v) is 0. The SMILES string of the molecule is [CH3][Ti][CH3].[SiH3]O[SiH3]. The largest absolute Gasteiger partial charge is 0.471 e. The molecular weight excluding hydrogens is 144 g/mol. The van der Waals surface area contributed by atoms with Crippen LogP contribution in [0.4, 0.5) is 0 Å². The van der Waals surface area contributed by atoms with E-state index in [0.29, 0.717) is 19.2 Å². The maximum absolute atomic E-state index is 4.53. The average molecular weight is 156 g/mol. The van der Waals surface area contributed by atoms with Gasteiger partial charge in [-0.15, -0.1) is 0 Å². The molecule has 0 aromatic carbocycles. The topological polar surface area (TPSA) is 9.23 Å². The van der Waals surface area contributed by atoms with E-state index >= 15 is 0 Å². The molecule has 0 atom stereocenters. The summed E-state index contributed by atoms with van der Waals surface area (Å²) in [7, 11) is 1.86. The van der Waals surface area contributed by atoms with Crippen LogP contribution in [0.2, 0.25) is 10.5 Å². The second-order valence-corrected chi connectivity index (χ2v) is 5.74. The molecule has 4 heteroatoms. The zero-order chi connectivity index (χ0) is 5.41. The Labute approximate surface area is 54.9 Å². The third kappa shape index (κ3) is 70.2. The van der Waals surface area contributed by atoms with Crippen molar-refractivity contribution in [1.82, 2.24) is 0 Å². The van der Waals surface area contributed by atoms with Crippen LogP contribution >= 0.6 is 0 Å². The molecule has 0 saturated heterocycles. The first kappa shape index (κ1) is 10.2. The number of hydrogen-bond acceptors (Lipinski definition) is 1. The van der Waals surface area contributed by atoms with Gasteiger partial charge in [-0.2, -0.15) is 0 Å². The van der Waals surface area contributed by atoms with Gasteiger partial charge in [-0.25, -0.2) is 0 Å². The van der Waals surface area contributed by atoms with Crippen molar-refractivity contribution in [2.24, 2.45) is 0 Å². The average Bonchev–Trinajstić information content (AvgIpc) is 1.39. The quantitative estimate of drug-likeness (QED) is 0.397. The van der Waals surface area contributed by atoms with Crippen LogP contribution in [0.1, 0.15) is 0 Å². The first-order valence-corrected chi connectivity index (χ1v) is 6.57. The van der Waals surface area contributed by atoms with E-state index in [1.807, 2.05) is 0 Å². The maximum atomic E-state index is 4.53. The summed E-state index contributed by atoms with van der Waals surface area (Å²) in [6.45, 7) is 0. The first-order chi connectivity index (χ1) is 2.83. The van der Waals surface area contributed by atoms with Gasteiger partial charge in [-0.1, -0.05) is 0 Å². The second kappa shape index (κ2) is 16.5. The van der Waals surface area contributed by atoms with Crippen molar-refractivity contribution >= 4 is 21.0 Å². The van der Waals surface area contributed by atoms with Crippen molar-refractivity contribution in [3.63, 3.8) is 0 Å². The molecule has 0 aliphatic heterocycles. The zero-order valence-electron chi connectivity index (χ0n) is 4.91. The van der Waals surface area contributed by atoms with Gasteiger partial charge in [0.25, 0.3) is 0 Å². The van der Waals surface area contributed by atoms with Crippen LogP contribution in [0.5, 0.6) is 0 Å². The van der Waals surface area contributed by atoms with Crippen molar-refractivity contribution in [2.45, 2.75) is 10.5 Å². The summed E-state index contributed by atoms with van der Waals surface area (Å²) >= 11 is 0.500. The Morgan fingerprint density at radius 1 is 1.33 bits per heavy atom. The Balaban J connectivity index is 0. The van der Waals surface area contributed by atoms with Gasteiger partial charge in [0.05, 0.1) is 0 Å². The van der Waals surface area contributed by atoms with Gasteiger partial charge >= 0.3 is 29.6 Å². The van der Waals surface area contributed by atoms with Gasteiger partial charge in [-0.3, -0.25) is 0 Å². The molecule has 0 heterocycles. The Morgan fingerprint density at radius 2 is 1.33 bits per heavy atom. The molecule has 0 radical (unpaired) electrons. The number of rotatable bonds is 0. The smallest absolute Gasteiger partial charge is 0.129 e. The molecule has 0 aromatic rings. The van der Waals surface area contributed by atoms with E-state index in [9.17, 15) is 0 Å². The van der Waals surface area contributed by atoms with Crippen LogP contribution in [0.25, 0.3) is 0 Å². The van der Waals surface area contributed by atoms with Crippen molar-refractivity contribution in [1.29, 1.82) is 0 Å². The Bertz CT molecular complexity index is 13.5. The monoisotopic (exact) mass is 156 g/mol. The van der Waals surface area contributed by atoms with Crippen molar-refractivity contribution in [3.05, 3.63) is 0 Å². The fourth-order valence-electron chi connectivity index (χ4n) is 0. The molecule has 6 heavy (non-hydrogen) atoms. The van der Waals surface area contributed by atoms with Crippen LogP contribution in [0, 0.1) is 0 Å². The van der Waals surface area contributed by atoms with Crippen molar-refractivity contribution in [3.8, 4) is 0 Å². The normalized spacial score (nSPS) is 6.33. The van der Waals surface area contributed by atoms with Gasteiger partial charge in [0.15, 0.2) is 0 Å². The molecule has 0 N–H and O–H groups in total. The van der Waals surface area contributed by atoms with E-state index < -0.39 is 0 Å². The summed E-state index contributed by atoms with van der Waals surface area (Å²) in [5, 5.41) is 4.50. The Morgan fingerprint density at radius 3 is 1.33 bits per heavy atom. The van der Waals surface area contributed by atoms with Crippen LogP contribution in [-0.4, -0.2) is 21.0 Å². The zero-order valence-corrected chi connectivity index (χ0v) is 10.5. The maximum Gasteiger partial charge on any atom is 0.129 e. The standard InChI is InChI=1S/2CH3.H6OSi2.Ti/c;;2-1-3;/h2*1H3;2-3H3;. The molecular formula is C2H12OSi2Ti. The summed E-state index contributed by atoms with van der Waals surface area (Å²) in [5.74, 6) is 0. The third-order valence-electron chi connectivity index (χ3n) is 0. The van der Waals surface area contributed by atoms with E-state index in [1.54, 1.807) is 0 Å². The Hall–Kier alpha value is 1.11. The minimum atomic E-state index is 0.500. The molecule has 0 rings (SSSR count). The van der Waals surface area contributed by atoms with E-state index in [-0.39, 0.29) is 0 Å². The molecule has 0 bridgehead atoms. The molecule has 1 nitrogen and oxygen atoms in total. The van der Waals surface area contributed by atoms with Gasteiger partial charge in [0, 0.05) is 0 Å². The molecule has 0 spiro atoms. The summed E-state index contributed by atoms with van der Waals surface area (Å²) in [6, 6.07) is 0. The van der Waals surface area contributed by atoms with Gasteiger partial charge in [-0.05, 0) is 0 Å². The van der Waals surface area contributed by atoms with Gasteiger partial charge < -0.3 is 4.12 Å².